The number of hydrogen-bond acceptors (Lipinski definition) is 5. The zero-order valence-electron chi connectivity index (χ0n) is 18.9. The minimum atomic E-state index is -3.58. The third kappa shape index (κ3) is 5.11. The van der Waals surface area contributed by atoms with E-state index < -0.39 is 15.9 Å². The topological polar surface area (TPSA) is 81.0 Å². The number of sulfonamides is 1. The maximum absolute atomic E-state index is 12.9. The Hall–Kier alpha value is -2.49. The lowest BCUT2D eigenvalue weighted by Gasteiger charge is -2.20. The number of aryl methyl sites for hydroxylation is 1. The summed E-state index contributed by atoms with van der Waals surface area (Å²) >= 11 is 1.40. The van der Waals surface area contributed by atoms with Crippen LogP contribution in [0.4, 0.5) is 0 Å². The molecule has 1 amide bonds. The number of benzene rings is 2. The van der Waals surface area contributed by atoms with Gasteiger partial charge >= 0.3 is 0 Å². The SMILES string of the molecule is CCCCN(CC)S(=O)(=O)c1ccc(C(=O)N=c2sc3cc(OCC)ccc3n2C)cc1. The molecular weight excluding hydrogens is 446 g/mol. The Balaban J connectivity index is 1.87. The number of rotatable bonds is 9. The molecule has 2 aromatic carbocycles. The van der Waals surface area contributed by atoms with Crippen molar-refractivity contribution in [1.29, 1.82) is 0 Å². The summed E-state index contributed by atoms with van der Waals surface area (Å²) in [7, 11) is -1.72. The van der Waals surface area contributed by atoms with Gasteiger partial charge in [-0.3, -0.25) is 4.79 Å². The lowest BCUT2D eigenvalue weighted by Crippen LogP contribution is -2.31. The first kappa shape index (κ1) is 24.2. The first-order valence-corrected chi connectivity index (χ1v) is 13.0. The summed E-state index contributed by atoms with van der Waals surface area (Å²) in [6.45, 7) is 7.26. The maximum atomic E-state index is 12.9. The molecule has 0 aliphatic heterocycles. The van der Waals surface area contributed by atoms with Crippen LogP contribution in [-0.2, 0) is 17.1 Å². The number of nitrogens with zero attached hydrogens (tertiary/aromatic N) is 3. The molecule has 1 aromatic heterocycles. The molecule has 0 saturated heterocycles. The summed E-state index contributed by atoms with van der Waals surface area (Å²) in [4.78, 5) is 17.8. The van der Waals surface area contributed by atoms with Crippen LogP contribution in [0.25, 0.3) is 10.2 Å². The van der Waals surface area contributed by atoms with Gasteiger partial charge in [-0.15, -0.1) is 0 Å². The highest BCUT2D eigenvalue weighted by atomic mass is 32.2. The van der Waals surface area contributed by atoms with Crippen molar-refractivity contribution in [3.05, 3.63) is 52.8 Å². The molecule has 1 heterocycles. The molecule has 32 heavy (non-hydrogen) atoms. The molecule has 3 rings (SSSR count). The second-order valence-electron chi connectivity index (χ2n) is 7.30. The van der Waals surface area contributed by atoms with E-state index in [9.17, 15) is 13.2 Å². The number of carbonyl (C=O) groups is 1. The van der Waals surface area contributed by atoms with E-state index in [1.54, 1.807) is 0 Å². The molecule has 9 heteroatoms. The second kappa shape index (κ2) is 10.4. The average Bonchev–Trinajstić information content (AvgIpc) is 3.09. The summed E-state index contributed by atoms with van der Waals surface area (Å²) in [5.41, 5.74) is 1.30. The fourth-order valence-corrected chi connectivity index (χ4v) is 5.86. The number of carbonyl (C=O) groups excluding carboxylic acids is 1. The average molecular weight is 476 g/mol. The van der Waals surface area contributed by atoms with Gasteiger partial charge in [0, 0.05) is 25.7 Å². The Morgan fingerprint density at radius 2 is 1.84 bits per heavy atom. The number of ether oxygens (including phenoxy) is 1. The van der Waals surface area contributed by atoms with Gasteiger partial charge in [-0.25, -0.2) is 8.42 Å². The molecule has 0 fully saturated rings. The summed E-state index contributed by atoms with van der Waals surface area (Å²) in [6, 6.07) is 11.8. The third-order valence-corrected chi connectivity index (χ3v) is 8.22. The Morgan fingerprint density at radius 1 is 1.12 bits per heavy atom. The minimum absolute atomic E-state index is 0.183. The minimum Gasteiger partial charge on any atom is -0.494 e. The molecule has 172 valence electrons. The van der Waals surface area contributed by atoms with E-state index in [0.717, 1.165) is 28.8 Å². The number of aromatic nitrogens is 1. The van der Waals surface area contributed by atoms with E-state index in [0.29, 0.717) is 30.1 Å². The van der Waals surface area contributed by atoms with Crippen LogP contribution in [0, 0.1) is 0 Å². The van der Waals surface area contributed by atoms with Gasteiger partial charge in [-0.05, 0) is 55.8 Å². The second-order valence-corrected chi connectivity index (χ2v) is 10.2. The molecule has 0 N–H and O–H groups in total. The van der Waals surface area contributed by atoms with E-state index in [1.165, 1.54) is 39.9 Å². The van der Waals surface area contributed by atoms with Gasteiger partial charge in [0.1, 0.15) is 5.75 Å². The highest BCUT2D eigenvalue weighted by Gasteiger charge is 2.22. The lowest BCUT2D eigenvalue weighted by molar-refractivity contribution is 0.0998. The Kier molecular flexibility index (Phi) is 7.86. The van der Waals surface area contributed by atoms with Crippen molar-refractivity contribution in [2.24, 2.45) is 12.0 Å². The van der Waals surface area contributed by atoms with Crippen LogP contribution < -0.4 is 9.54 Å². The van der Waals surface area contributed by atoms with Crippen LogP contribution >= 0.6 is 11.3 Å². The Morgan fingerprint density at radius 3 is 2.47 bits per heavy atom. The van der Waals surface area contributed by atoms with Gasteiger partial charge in [-0.1, -0.05) is 31.6 Å². The van der Waals surface area contributed by atoms with E-state index in [2.05, 4.69) is 4.99 Å². The van der Waals surface area contributed by atoms with Crippen molar-refractivity contribution in [1.82, 2.24) is 8.87 Å². The van der Waals surface area contributed by atoms with Gasteiger partial charge in [0.15, 0.2) is 4.80 Å². The molecule has 0 bridgehead atoms. The molecule has 0 radical (unpaired) electrons. The van der Waals surface area contributed by atoms with Crippen molar-refractivity contribution in [3.8, 4) is 5.75 Å². The summed E-state index contributed by atoms with van der Waals surface area (Å²) < 4.78 is 35.6. The lowest BCUT2D eigenvalue weighted by atomic mass is 10.2. The Labute approximate surface area is 193 Å². The molecule has 0 aliphatic rings. The normalized spacial score (nSPS) is 12.6. The molecule has 0 atom stereocenters. The number of fused-ring (bicyclic) bond motifs is 1. The van der Waals surface area contributed by atoms with Crippen molar-refractivity contribution >= 4 is 37.5 Å². The van der Waals surface area contributed by atoms with E-state index in [1.807, 2.05) is 50.6 Å². The highest BCUT2D eigenvalue weighted by Crippen LogP contribution is 2.23. The smallest absolute Gasteiger partial charge is 0.279 e. The van der Waals surface area contributed by atoms with Gasteiger partial charge in [-0.2, -0.15) is 9.30 Å². The molecule has 0 saturated carbocycles. The van der Waals surface area contributed by atoms with Crippen LogP contribution in [0.5, 0.6) is 5.75 Å². The van der Waals surface area contributed by atoms with Gasteiger partial charge in [0.2, 0.25) is 10.0 Å². The predicted octanol–water partition coefficient (Wildman–Crippen LogP) is 4.19. The van der Waals surface area contributed by atoms with Crippen LogP contribution in [-0.4, -0.2) is 42.9 Å². The Bertz CT molecular complexity index is 1260. The van der Waals surface area contributed by atoms with E-state index in [-0.39, 0.29) is 4.90 Å². The van der Waals surface area contributed by atoms with Crippen molar-refractivity contribution in [2.75, 3.05) is 19.7 Å². The van der Waals surface area contributed by atoms with E-state index in [4.69, 9.17) is 4.74 Å². The third-order valence-electron chi connectivity index (χ3n) is 5.14. The number of amides is 1. The molecule has 7 nitrogen and oxygen atoms in total. The number of thiazole rings is 1. The number of unbranched alkanes of at least 4 members (excludes halogenated alkanes) is 1. The first-order chi connectivity index (χ1) is 15.3. The van der Waals surface area contributed by atoms with Crippen LogP contribution in [0.15, 0.2) is 52.4 Å². The molecule has 3 aromatic rings. The fraction of sp³-hybridized carbons (Fsp3) is 0.391. The quantitative estimate of drug-likeness (QED) is 0.465. The fourth-order valence-electron chi connectivity index (χ4n) is 3.33. The predicted molar refractivity (Wildman–Crippen MR) is 128 cm³/mol. The van der Waals surface area contributed by atoms with Gasteiger partial charge < -0.3 is 9.30 Å². The highest BCUT2D eigenvalue weighted by molar-refractivity contribution is 7.89. The van der Waals surface area contributed by atoms with Gasteiger partial charge in [0.05, 0.1) is 21.7 Å². The van der Waals surface area contributed by atoms with Gasteiger partial charge in [0.25, 0.3) is 5.91 Å². The van der Waals surface area contributed by atoms with E-state index >= 15 is 0 Å². The zero-order chi connectivity index (χ0) is 23.3. The first-order valence-electron chi connectivity index (χ1n) is 10.7. The summed E-state index contributed by atoms with van der Waals surface area (Å²) in [6.07, 6.45) is 1.73. The van der Waals surface area contributed by atoms with Crippen molar-refractivity contribution in [3.63, 3.8) is 0 Å². The van der Waals surface area contributed by atoms with Crippen molar-refractivity contribution < 1.29 is 17.9 Å². The number of hydrogen-bond donors (Lipinski definition) is 0. The van der Waals surface area contributed by atoms with Crippen LogP contribution in [0.1, 0.15) is 44.0 Å². The van der Waals surface area contributed by atoms with Crippen LogP contribution in [0.3, 0.4) is 0 Å². The molecule has 0 unspecified atom stereocenters. The molecular formula is C23H29N3O4S2. The standard InChI is InChI=1S/C23H29N3O4S2/c1-5-8-15-26(6-2)32(28,29)19-12-9-17(10-13-19)22(27)24-23-25(4)20-14-11-18(30-7-3)16-21(20)31-23/h9-14,16H,5-8,15H2,1-4H3. The summed E-state index contributed by atoms with van der Waals surface area (Å²) in [5, 5.41) is 0. The molecule has 0 aliphatic carbocycles. The zero-order valence-corrected chi connectivity index (χ0v) is 20.5. The van der Waals surface area contributed by atoms with Crippen molar-refractivity contribution in [2.45, 2.75) is 38.5 Å². The largest absolute Gasteiger partial charge is 0.494 e. The monoisotopic (exact) mass is 475 g/mol. The maximum Gasteiger partial charge on any atom is 0.279 e. The molecule has 0 spiro atoms. The van der Waals surface area contributed by atoms with Crippen LogP contribution in [0.2, 0.25) is 0 Å². The summed E-state index contributed by atoms with van der Waals surface area (Å²) in [5.74, 6) is 0.357.